The molecule has 0 aliphatic carbocycles. The molecule has 147 heavy (non-hydrogen) atoms. The number of amides is 7. The number of nitrogens with zero attached hydrogens (tertiary/aromatic N) is 2. The zero-order chi connectivity index (χ0) is 108. The van der Waals surface area contributed by atoms with Crippen molar-refractivity contribution >= 4 is 53.3 Å². The number of carbonyl (C=O) groups is 9. The fourth-order valence-corrected chi connectivity index (χ4v) is 18.2. The normalized spacial score (nSPS) is 35.5. The first-order valence-electron chi connectivity index (χ1n) is 49.6. The molecule has 4 aromatic rings. The number of nitrogens with two attached hydrogens (primary N) is 1. The van der Waals surface area contributed by atoms with Crippen molar-refractivity contribution in [1.82, 2.24) is 36.4 Å². The van der Waals surface area contributed by atoms with Gasteiger partial charge in [-0.05, 0) is 118 Å². The summed E-state index contributed by atoms with van der Waals surface area (Å²) in [4.78, 5) is 127. The number of hydrogen-bond donors (Lipinski definition) is 26. The van der Waals surface area contributed by atoms with E-state index in [1.807, 2.05) is 61.5 Å². The van der Waals surface area contributed by atoms with Crippen LogP contribution in [0.2, 0.25) is 0 Å². The van der Waals surface area contributed by atoms with Gasteiger partial charge in [-0.1, -0.05) is 186 Å². The molecule has 27 N–H and O–H groups in total. The fraction of sp³-hybridized carbons (Fsp3) is 0.552. The Morgan fingerprint density at radius 3 is 1.65 bits per heavy atom. The van der Waals surface area contributed by atoms with Crippen molar-refractivity contribution in [2.45, 2.75) is 322 Å². The van der Waals surface area contributed by atoms with Gasteiger partial charge in [0.05, 0.1) is 111 Å². The number of phenols is 1. The van der Waals surface area contributed by atoms with Crippen molar-refractivity contribution in [3.63, 3.8) is 0 Å². The van der Waals surface area contributed by atoms with Gasteiger partial charge in [0.1, 0.15) is 84.2 Å². The Morgan fingerprint density at radius 1 is 0.531 bits per heavy atom. The molecule has 0 saturated carbocycles. The molecule has 6 aliphatic heterocycles. The number of nitrogens with one attached hydrogen (secondary N) is 5. The summed E-state index contributed by atoms with van der Waals surface area (Å²) in [5, 5.41) is 229. The maximum atomic E-state index is 14.5. The second kappa shape index (κ2) is 56.6. The molecular formula is C105H146N8O34. The predicted octanol–water partition coefficient (Wildman–Crippen LogP) is -0.215. The largest absolute Gasteiger partial charge is 0.508 e. The highest BCUT2D eigenvalue weighted by atomic mass is 16.7. The SMILES string of the molecule is CC1OC(O[C@H]2/C=C/C=C/C=C/C=C/C=C/C=C/C=C/[C@H](C)[C@@H](O)[C@H](C)[C@H](C)OC(=O)C[C@H](O)C[C@H](O)[C@@H](O)CC[C@H](O)C[C@H](O)C[C@]3(O)C[C@H](O)[C@@H](C(=O)O)[C@H](C2)O3)C(O)C(N)C1O.CCCCCOc1ccc(-c2ccc(-c3ccc(C(=O)N[C@H]4C[C@@H](O)[C@@H](O)NC(=O)[C@@H]5[C@@H](O)[C@@H](C)CN5C(=O)[C@H]([C@H](C)O)NC(=O)[C@H]([C@H](O)[C@@H](O)c5ccc(O)cc5)NC(=O)[C@@H]5C[C@@H](O)CN5C(=O)[C@H]([C@H](C)O)NC4=O)cc3)cc2)cc1. The second-order valence-corrected chi connectivity index (χ2v) is 38.9. The van der Waals surface area contributed by atoms with Crippen molar-refractivity contribution in [1.29, 1.82) is 0 Å². The third kappa shape index (κ3) is 34.3. The third-order valence-electron chi connectivity index (χ3n) is 27.1. The van der Waals surface area contributed by atoms with Crippen LogP contribution in [0.1, 0.15) is 161 Å². The maximum Gasteiger partial charge on any atom is 0.311 e. The minimum Gasteiger partial charge on any atom is -0.508 e. The van der Waals surface area contributed by atoms with Crippen LogP contribution in [0.4, 0.5) is 0 Å². The number of aliphatic hydroxyl groups is 18. The van der Waals surface area contributed by atoms with Crippen LogP contribution in [0.5, 0.6) is 11.5 Å². The van der Waals surface area contributed by atoms with Gasteiger partial charge in [-0.25, -0.2) is 0 Å². The van der Waals surface area contributed by atoms with E-state index < -0.39 is 299 Å². The average molecular weight is 2060 g/mol. The summed E-state index contributed by atoms with van der Waals surface area (Å²) < 4.78 is 29.0. The number of ether oxygens (including phenoxy) is 5. The van der Waals surface area contributed by atoms with E-state index >= 15 is 0 Å². The van der Waals surface area contributed by atoms with Gasteiger partial charge in [-0.3, -0.25) is 43.2 Å². The summed E-state index contributed by atoms with van der Waals surface area (Å²) in [5.41, 5.74) is 9.39. The lowest BCUT2D eigenvalue weighted by molar-refractivity contribution is -0.308. The Bertz CT molecular complexity index is 5140. The lowest BCUT2D eigenvalue weighted by Crippen LogP contribution is -2.64. The molecule has 4 aromatic carbocycles. The van der Waals surface area contributed by atoms with Crippen LogP contribution in [0.15, 0.2) is 182 Å². The zero-order valence-corrected chi connectivity index (χ0v) is 83.3. The molecule has 0 radical (unpaired) electrons. The average Bonchev–Trinajstić information content (AvgIpc) is 0.916. The Hall–Kier alpha value is -11.0. The van der Waals surface area contributed by atoms with Crippen molar-refractivity contribution in [3.05, 3.63) is 193 Å². The van der Waals surface area contributed by atoms with E-state index in [1.54, 1.807) is 98.9 Å². The minimum absolute atomic E-state index is 0.00973. The molecule has 10 rings (SSSR count). The third-order valence-corrected chi connectivity index (χ3v) is 27.1. The number of carbonyl (C=O) groups excluding carboxylic acids is 8. The molecule has 5 fully saturated rings. The molecule has 42 heteroatoms. The molecule has 6 heterocycles. The van der Waals surface area contributed by atoms with Gasteiger partial charge in [0.25, 0.3) is 5.91 Å². The molecule has 6 aliphatic rings. The Balaban J connectivity index is 0.000000336. The number of aromatic hydroxyl groups is 1. The lowest BCUT2D eigenvalue weighted by atomic mass is 9.82. The topological polar surface area (TPSA) is 697 Å². The summed E-state index contributed by atoms with van der Waals surface area (Å²) >= 11 is 0. The van der Waals surface area contributed by atoms with Gasteiger partial charge in [0, 0.05) is 74.9 Å². The van der Waals surface area contributed by atoms with Crippen molar-refractivity contribution in [3.8, 4) is 33.8 Å². The molecule has 2 bridgehead atoms. The van der Waals surface area contributed by atoms with E-state index in [1.165, 1.54) is 44.2 Å². The summed E-state index contributed by atoms with van der Waals surface area (Å²) in [7, 11) is 0. The number of rotatable bonds is 17. The van der Waals surface area contributed by atoms with E-state index in [9.17, 15) is 145 Å². The quantitative estimate of drug-likeness (QED) is 0.0480. The smallest absolute Gasteiger partial charge is 0.311 e. The van der Waals surface area contributed by atoms with E-state index in [4.69, 9.17) is 29.4 Å². The first-order valence-corrected chi connectivity index (χ1v) is 49.6. The van der Waals surface area contributed by atoms with Crippen molar-refractivity contribution in [2.24, 2.45) is 29.4 Å². The van der Waals surface area contributed by atoms with Crippen LogP contribution in [0, 0.1) is 23.7 Å². The number of unbranched alkanes of at least 4 members (excludes halogenated alkanes) is 2. The Labute approximate surface area is 852 Å². The number of esters is 1. The highest BCUT2D eigenvalue weighted by Crippen LogP contribution is 2.40. The standard InChI is InChI=1S/C58H73N7O17.C47H73NO17/c1-5-6-7-24-82-40-22-18-35(19-23-40)33-10-8-32(9-11-33)34-12-14-37(15-13-34)51(74)59-41-26-43(70)54(77)63-56(79)47-48(71)29(2)27-65(47)58(81)45(31(4)67)61-55(78)46(50(73)49(72)36-16-20-38(68)21-17-36)62-53(76)42-25-39(69)28-64(42)57(80)44(30(3)66)60-52(41)75;1-27-17-15-13-11-9-7-5-6-8-10-12-14-16-18-34(64-46-44(58)41(48)43(57)30(4)63-46)24-38-40(45(59)60)37(54)26-47(61,65-38)25-33(51)21-31(49)19-20-35(52)36(53)22-32(50)23-39(55)62-29(3)28(2)42(27)56/h8-23,29-31,39,41-50,54,66-73,77H,5-7,24-28H2,1-4H3,(H,59,74)(H,60,75)(H,61,78)(H,62,76)(H,63,79);5-18,27-38,40-44,46,49-54,56-58,61H,19-26,48H2,1-4H3,(H,59,60)/b;6-5+,9-7+,10-8+,13-11+,14-12+,17-15+,18-16+/t29-,30-,31-,39+,41-,42-,43+,44-,45-,46-,47-,48-,49-,50-,54+;27-,28+,29-,30?,31-,32+,33-,34-,35-,36-,37-,38-,40+,41?,42+,43?,44?,46?,47+/m00/s1. The fourth-order valence-electron chi connectivity index (χ4n) is 18.2. The van der Waals surface area contributed by atoms with Gasteiger partial charge >= 0.3 is 11.9 Å². The number of benzene rings is 4. The minimum atomic E-state index is -2.29. The van der Waals surface area contributed by atoms with Gasteiger partial charge in [-0.2, -0.15) is 0 Å². The number of fused-ring (bicyclic) bond motifs is 4. The second-order valence-electron chi connectivity index (χ2n) is 38.9. The Kier molecular flexibility index (Phi) is 46.0. The molecule has 0 aromatic heterocycles. The van der Waals surface area contributed by atoms with Crippen LogP contribution in [-0.2, 0) is 57.3 Å². The van der Waals surface area contributed by atoms with Crippen LogP contribution in [0.3, 0.4) is 0 Å². The van der Waals surface area contributed by atoms with E-state index in [0.717, 1.165) is 77.5 Å². The number of allylic oxidation sites excluding steroid dienone is 12. The van der Waals surface area contributed by atoms with Crippen LogP contribution in [0.25, 0.3) is 22.3 Å². The molecule has 0 spiro atoms. The number of carboxylic acids is 1. The van der Waals surface area contributed by atoms with Crippen LogP contribution in [-0.4, -0.2) is 361 Å². The summed E-state index contributed by atoms with van der Waals surface area (Å²) in [6.45, 7) is 12.2. The molecule has 810 valence electrons. The van der Waals surface area contributed by atoms with Gasteiger partial charge < -0.3 is 168 Å². The number of aliphatic carboxylic acids is 1. The maximum absolute atomic E-state index is 14.5. The van der Waals surface area contributed by atoms with Gasteiger partial charge in [0.15, 0.2) is 18.3 Å². The summed E-state index contributed by atoms with van der Waals surface area (Å²) in [6.07, 6.45) is -10.1. The van der Waals surface area contributed by atoms with Crippen molar-refractivity contribution < 1.29 is 169 Å². The number of carboxylic acid groups (broad SMARTS) is 1. The molecule has 5 saturated heterocycles. The molecule has 42 nitrogen and oxygen atoms in total. The zero-order valence-electron chi connectivity index (χ0n) is 83.3. The first kappa shape index (κ1) is 120. The van der Waals surface area contributed by atoms with E-state index in [2.05, 4.69) is 33.5 Å². The molecular weight excluding hydrogens is 1920 g/mol. The Morgan fingerprint density at radius 2 is 1.07 bits per heavy atom. The monoisotopic (exact) mass is 2060 g/mol. The molecule has 7 amide bonds. The van der Waals surface area contributed by atoms with Gasteiger partial charge in [-0.15, -0.1) is 0 Å². The number of hydrogen-bond acceptors (Lipinski definition) is 34. The number of cyclic esters (lactones) is 1. The first-order chi connectivity index (χ1) is 69.6. The van der Waals surface area contributed by atoms with Crippen LogP contribution < -0.4 is 37.1 Å². The summed E-state index contributed by atoms with van der Waals surface area (Å²) in [5.74, 6) is -15.5. The van der Waals surface area contributed by atoms with Crippen molar-refractivity contribution in [2.75, 3.05) is 19.7 Å². The highest BCUT2D eigenvalue weighted by Gasteiger charge is 2.54. The van der Waals surface area contributed by atoms with Crippen LogP contribution >= 0.6 is 0 Å². The van der Waals surface area contributed by atoms with Gasteiger partial charge in [0.2, 0.25) is 35.4 Å². The summed E-state index contributed by atoms with van der Waals surface area (Å²) in [6, 6.07) is 13.6. The predicted molar refractivity (Wildman–Crippen MR) is 530 cm³/mol. The number of aliphatic hydroxyl groups excluding tert-OH is 17. The lowest BCUT2D eigenvalue weighted by Gasteiger charge is -2.45. The van der Waals surface area contributed by atoms with E-state index in [0.29, 0.717) is 12.2 Å². The molecule has 34 atom stereocenters. The molecule has 5 unspecified atom stereocenters. The number of phenolic OH excluding ortho intramolecular Hbond substituents is 1. The highest BCUT2D eigenvalue weighted by molar-refractivity contribution is 6.00. The van der Waals surface area contributed by atoms with E-state index in [-0.39, 0.29) is 55.0 Å².